The predicted octanol–water partition coefficient (Wildman–Crippen LogP) is 3.45. The van der Waals surface area contributed by atoms with Gasteiger partial charge in [0, 0.05) is 28.4 Å². The van der Waals surface area contributed by atoms with Crippen LogP contribution in [0.1, 0.15) is 26.9 Å². The van der Waals surface area contributed by atoms with Crippen LogP contribution in [-0.4, -0.2) is 19.1 Å². The standard InChI is InChI=1S/C15H14ClNO2S/c16-11-3-1-10(2-4-11)15(18)17-9-13-12-6-8-20-14(12)5-7-19-13/h1-4,6,8,13H,5,7,9H2,(H,17,18). The highest BCUT2D eigenvalue weighted by Gasteiger charge is 2.22. The lowest BCUT2D eigenvalue weighted by Gasteiger charge is -2.23. The van der Waals surface area contributed by atoms with E-state index >= 15 is 0 Å². The highest BCUT2D eigenvalue weighted by molar-refractivity contribution is 7.10. The van der Waals surface area contributed by atoms with Crippen molar-refractivity contribution in [1.82, 2.24) is 5.32 Å². The van der Waals surface area contributed by atoms with Crippen LogP contribution in [0.15, 0.2) is 35.7 Å². The molecule has 0 aliphatic carbocycles. The van der Waals surface area contributed by atoms with Gasteiger partial charge < -0.3 is 10.1 Å². The molecule has 0 bridgehead atoms. The third-order valence-corrected chi connectivity index (χ3v) is 4.58. The zero-order valence-electron chi connectivity index (χ0n) is 10.8. The second-order valence-corrected chi connectivity index (χ2v) is 6.06. The minimum atomic E-state index is -0.104. The van der Waals surface area contributed by atoms with Gasteiger partial charge in [0.2, 0.25) is 0 Å². The summed E-state index contributed by atoms with van der Waals surface area (Å²) in [6.07, 6.45) is 0.926. The molecule has 2 aromatic rings. The number of nitrogens with one attached hydrogen (secondary N) is 1. The molecule has 104 valence electrons. The first-order chi connectivity index (χ1) is 9.74. The Bertz CT molecular complexity index is 609. The molecule has 1 N–H and O–H groups in total. The molecule has 1 aliphatic rings. The van der Waals surface area contributed by atoms with E-state index in [2.05, 4.69) is 16.8 Å². The van der Waals surface area contributed by atoms with Crippen LogP contribution in [0.2, 0.25) is 5.02 Å². The van der Waals surface area contributed by atoms with E-state index in [-0.39, 0.29) is 12.0 Å². The van der Waals surface area contributed by atoms with Crippen LogP contribution in [0.5, 0.6) is 0 Å². The lowest BCUT2D eigenvalue weighted by molar-refractivity contribution is 0.0423. The van der Waals surface area contributed by atoms with E-state index < -0.39 is 0 Å². The molecule has 1 atom stereocenters. The van der Waals surface area contributed by atoms with Crippen LogP contribution in [0, 0.1) is 0 Å². The fourth-order valence-electron chi connectivity index (χ4n) is 2.28. The normalized spacial score (nSPS) is 17.6. The molecule has 1 aromatic heterocycles. The average molecular weight is 308 g/mol. The Morgan fingerprint density at radius 3 is 2.95 bits per heavy atom. The number of rotatable bonds is 3. The molecule has 20 heavy (non-hydrogen) atoms. The number of benzene rings is 1. The molecule has 0 fully saturated rings. The Kier molecular flexibility index (Phi) is 4.05. The van der Waals surface area contributed by atoms with Crippen molar-refractivity contribution in [3.8, 4) is 0 Å². The Morgan fingerprint density at radius 1 is 1.35 bits per heavy atom. The van der Waals surface area contributed by atoms with E-state index in [1.165, 1.54) is 10.4 Å². The minimum Gasteiger partial charge on any atom is -0.371 e. The number of hydrogen-bond acceptors (Lipinski definition) is 3. The van der Waals surface area contributed by atoms with Gasteiger partial charge in [-0.3, -0.25) is 4.79 Å². The summed E-state index contributed by atoms with van der Waals surface area (Å²) < 4.78 is 5.74. The summed E-state index contributed by atoms with van der Waals surface area (Å²) in [7, 11) is 0. The minimum absolute atomic E-state index is 0.0405. The molecule has 1 amide bonds. The van der Waals surface area contributed by atoms with E-state index in [0.29, 0.717) is 17.1 Å². The van der Waals surface area contributed by atoms with Crippen molar-refractivity contribution in [3.05, 3.63) is 56.7 Å². The summed E-state index contributed by atoms with van der Waals surface area (Å²) in [5.74, 6) is -0.104. The van der Waals surface area contributed by atoms with Gasteiger partial charge in [0.15, 0.2) is 0 Å². The van der Waals surface area contributed by atoms with E-state index in [0.717, 1.165) is 13.0 Å². The van der Waals surface area contributed by atoms with Gasteiger partial charge in [0.1, 0.15) is 6.10 Å². The summed E-state index contributed by atoms with van der Waals surface area (Å²) in [5, 5.41) is 5.62. The first-order valence-electron chi connectivity index (χ1n) is 6.45. The van der Waals surface area contributed by atoms with Crippen LogP contribution in [0.4, 0.5) is 0 Å². The van der Waals surface area contributed by atoms with Gasteiger partial charge in [-0.25, -0.2) is 0 Å². The van der Waals surface area contributed by atoms with Gasteiger partial charge in [-0.05, 0) is 41.3 Å². The number of carbonyl (C=O) groups is 1. The summed E-state index contributed by atoms with van der Waals surface area (Å²) >= 11 is 7.56. The molecular weight excluding hydrogens is 294 g/mol. The van der Waals surface area contributed by atoms with E-state index in [9.17, 15) is 4.79 Å². The number of carbonyl (C=O) groups excluding carboxylic acids is 1. The van der Waals surface area contributed by atoms with E-state index in [4.69, 9.17) is 16.3 Å². The molecule has 1 aromatic carbocycles. The van der Waals surface area contributed by atoms with Crippen LogP contribution in [0.25, 0.3) is 0 Å². The Labute approximate surface area is 126 Å². The molecule has 0 saturated heterocycles. The Morgan fingerprint density at radius 2 is 2.15 bits per heavy atom. The molecule has 0 saturated carbocycles. The molecular formula is C15H14ClNO2S. The predicted molar refractivity (Wildman–Crippen MR) is 80.5 cm³/mol. The molecule has 3 rings (SSSR count). The van der Waals surface area contributed by atoms with E-state index in [1.807, 2.05) is 0 Å². The summed E-state index contributed by atoms with van der Waals surface area (Å²) in [4.78, 5) is 13.4. The maximum Gasteiger partial charge on any atom is 0.251 e. The maximum atomic E-state index is 12.0. The molecule has 0 spiro atoms. The molecule has 1 aliphatic heterocycles. The van der Waals surface area contributed by atoms with Gasteiger partial charge in [0.25, 0.3) is 5.91 Å². The van der Waals surface area contributed by atoms with Crippen molar-refractivity contribution in [3.63, 3.8) is 0 Å². The fourth-order valence-corrected chi connectivity index (χ4v) is 3.32. The van der Waals surface area contributed by atoms with Crippen molar-refractivity contribution < 1.29 is 9.53 Å². The number of amides is 1. The van der Waals surface area contributed by atoms with Crippen molar-refractivity contribution >= 4 is 28.8 Å². The lowest BCUT2D eigenvalue weighted by Crippen LogP contribution is -2.31. The van der Waals surface area contributed by atoms with Crippen molar-refractivity contribution in [2.45, 2.75) is 12.5 Å². The molecule has 3 nitrogen and oxygen atoms in total. The summed E-state index contributed by atoms with van der Waals surface area (Å²) in [6, 6.07) is 8.94. The van der Waals surface area contributed by atoms with Gasteiger partial charge in [-0.2, -0.15) is 0 Å². The quantitative estimate of drug-likeness (QED) is 0.943. The van der Waals surface area contributed by atoms with Crippen molar-refractivity contribution in [2.75, 3.05) is 13.2 Å². The zero-order valence-corrected chi connectivity index (χ0v) is 12.3. The highest BCUT2D eigenvalue weighted by Crippen LogP contribution is 2.30. The maximum absolute atomic E-state index is 12.0. The number of hydrogen-bond donors (Lipinski definition) is 1. The second kappa shape index (κ2) is 5.95. The monoisotopic (exact) mass is 307 g/mol. The average Bonchev–Trinajstić information content (AvgIpc) is 2.94. The van der Waals surface area contributed by atoms with Gasteiger partial charge in [-0.15, -0.1) is 11.3 Å². The van der Waals surface area contributed by atoms with Crippen LogP contribution < -0.4 is 5.32 Å². The van der Waals surface area contributed by atoms with Crippen molar-refractivity contribution in [2.24, 2.45) is 0 Å². The molecule has 1 unspecified atom stereocenters. The van der Waals surface area contributed by atoms with E-state index in [1.54, 1.807) is 35.6 Å². The SMILES string of the molecule is O=C(NCC1OCCc2sccc21)c1ccc(Cl)cc1. The number of thiophene rings is 1. The largest absolute Gasteiger partial charge is 0.371 e. The van der Waals surface area contributed by atoms with Gasteiger partial charge in [-0.1, -0.05) is 11.6 Å². The number of fused-ring (bicyclic) bond motifs is 1. The Balaban J connectivity index is 1.63. The Hall–Kier alpha value is -1.36. The third kappa shape index (κ3) is 2.87. The van der Waals surface area contributed by atoms with Gasteiger partial charge >= 0.3 is 0 Å². The summed E-state index contributed by atoms with van der Waals surface area (Å²) in [5.41, 5.74) is 1.81. The number of ether oxygens (including phenoxy) is 1. The first-order valence-corrected chi connectivity index (χ1v) is 7.71. The fraction of sp³-hybridized carbons (Fsp3) is 0.267. The van der Waals surface area contributed by atoms with Crippen LogP contribution in [-0.2, 0) is 11.2 Å². The molecule has 2 heterocycles. The van der Waals surface area contributed by atoms with Gasteiger partial charge in [0.05, 0.1) is 6.61 Å². The van der Waals surface area contributed by atoms with Crippen LogP contribution in [0.3, 0.4) is 0 Å². The molecule has 0 radical (unpaired) electrons. The third-order valence-electron chi connectivity index (χ3n) is 3.33. The second-order valence-electron chi connectivity index (χ2n) is 4.63. The molecule has 5 heteroatoms. The topological polar surface area (TPSA) is 38.3 Å². The number of halogens is 1. The summed E-state index contributed by atoms with van der Waals surface area (Å²) in [6.45, 7) is 1.21. The van der Waals surface area contributed by atoms with Crippen molar-refractivity contribution in [1.29, 1.82) is 0 Å². The zero-order chi connectivity index (χ0) is 13.9. The highest BCUT2D eigenvalue weighted by atomic mass is 35.5. The first kappa shape index (κ1) is 13.6. The van der Waals surface area contributed by atoms with Crippen LogP contribution >= 0.6 is 22.9 Å². The lowest BCUT2D eigenvalue weighted by atomic mass is 10.1. The smallest absolute Gasteiger partial charge is 0.251 e.